The lowest BCUT2D eigenvalue weighted by Crippen LogP contribution is -2.44. The lowest BCUT2D eigenvalue weighted by Gasteiger charge is -2.26. The van der Waals surface area contributed by atoms with Crippen LogP contribution in [0.25, 0.3) is 0 Å². The van der Waals surface area contributed by atoms with Gasteiger partial charge in [0.05, 0.1) is 40.3 Å². The van der Waals surface area contributed by atoms with Crippen LogP contribution in [0, 0.1) is 0 Å². The molecule has 0 saturated heterocycles. The highest BCUT2D eigenvalue weighted by Gasteiger charge is 2.22. The SMILES string of the molecule is CC/C=C\C/C=C\C/C=C\C/C=C\C/C=C\CCCCCCCCCCCCCCCC(=O)OC(COC(=O)CCCCCCCCCCCCCCCCCCCCCCCCCCCCCC/C=C\C/C=C\C/C=C\C/C=C\CC)COC(OCC[N+](C)(C)C)C(=O)[O-]. The van der Waals surface area contributed by atoms with Crippen LogP contribution in [0.15, 0.2) is 109 Å². The Kier molecular flexibility index (Phi) is 72.5. The molecule has 2 atom stereocenters. The van der Waals surface area contributed by atoms with Gasteiger partial charge in [-0.25, -0.2) is 0 Å². The number of allylic oxidation sites excluding steroid dienone is 18. The summed E-state index contributed by atoms with van der Waals surface area (Å²) in [6.45, 7) is 4.56. The van der Waals surface area contributed by atoms with Gasteiger partial charge in [0.1, 0.15) is 13.2 Å². The molecule has 95 heavy (non-hydrogen) atoms. The maximum atomic E-state index is 13.0. The van der Waals surface area contributed by atoms with Gasteiger partial charge >= 0.3 is 11.9 Å². The molecule has 9 nitrogen and oxygen atoms in total. The van der Waals surface area contributed by atoms with Crippen molar-refractivity contribution in [2.75, 3.05) is 47.5 Å². The van der Waals surface area contributed by atoms with Gasteiger partial charge in [-0.1, -0.05) is 361 Å². The van der Waals surface area contributed by atoms with E-state index in [1.54, 1.807) is 0 Å². The van der Waals surface area contributed by atoms with Crippen molar-refractivity contribution in [1.82, 2.24) is 0 Å². The number of carbonyl (C=O) groups is 3. The van der Waals surface area contributed by atoms with Gasteiger partial charge in [-0.3, -0.25) is 9.59 Å². The molecule has 0 aliphatic rings. The molecule has 548 valence electrons. The number of hydrogen-bond donors (Lipinski definition) is 0. The van der Waals surface area contributed by atoms with Gasteiger partial charge in [0.2, 0.25) is 0 Å². The van der Waals surface area contributed by atoms with E-state index in [2.05, 4.69) is 123 Å². The molecule has 0 aliphatic heterocycles. The minimum atomic E-state index is -1.63. The Labute approximate surface area is 587 Å². The number of rotatable bonds is 74. The van der Waals surface area contributed by atoms with Crippen LogP contribution >= 0.6 is 0 Å². The minimum absolute atomic E-state index is 0.146. The number of carbonyl (C=O) groups excluding carboxylic acids is 3. The van der Waals surface area contributed by atoms with Crippen LogP contribution in [0.4, 0.5) is 0 Å². The smallest absolute Gasteiger partial charge is 0.306 e. The second-order valence-corrected chi connectivity index (χ2v) is 27.9. The van der Waals surface area contributed by atoms with Gasteiger partial charge in [-0.2, -0.15) is 0 Å². The number of carboxylic acids is 1. The zero-order valence-electron chi connectivity index (χ0n) is 62.8. The monoisotopic (exact) mass is 1330 g/mol. The third-order valence-corrected chi connectivity index (χ3v) is 17.5. The molecule has 0 aromatic rings. The van der Waals surface area contributed by atoms with E-state index in [-0.39, 0.29) is 32.2 Å². The van der Waals surface area contributed by atoms with Crippen LogP contribution in [0.3, 0.4) is 0 Å². The van der Waals surface area contributed by atoms with E-state index in [0.29, 0.717) is 23.9 Å². The Bertz CT molecular complexity index is 1930. The van der Waals surface area contributed by atoms with E-state index in [9.17, 15) is 19.5 Å². The molecule has 0 fully saturated rings. The summed E-state index contributed by atoms with van der Waals surface area (Å²) in [5.74, 6) is -2.27. The molecule has 0 bridgehead atoms. The topological polar surface area (TPSA) is 111 Å². The van der Waals surface area contributed by atoms with Gasteiger partial charge in [0, 0.05) is 12.8 Å². The van der Waals surface area contributed by atoms with Crippen molar-refractivity contribution in [3.63, 3.8) is 0 Å². The second-order valence-electron chi connectivity index (χ2n) is 27.9. The lowest BCUT2D eigenvalue weighted by molar-refractivity contribution is -0.870. The zero-order chi connectivity index (χ0) is 69.0. The Hall–Kier alpha value is -4.05. The molecule has 0 aromatic heterocycles. The first-order chi connectivity index (χ1) is 46.6. The largest absolute Gasteiger partial charge is 0.545 e. The average molecular weight is 1330 g/mol. The average Bonchev–Trinajstić information content (AvgIpc) is 2.86. The molecule has 2 unspecified atom stereocenters. The van der Waals surface area contributed by atoms with Gasteiger partial charge in [-0.15, -0.1) is 0 Å². The highest BCUT2D eigenvalue weighted by Crippen LogP contribution is 2.19. The molecule has 0 rings (SSSR count). The summed E-state index contributed by atoms with van der Waals surface area (Å²) >= 11 is 0. The summed E-state index contributed by atoms with van der Waals surface area (Å²) in [6.07, 6.45) is 104. The third-order valence-electron chi connectivity index (χ3n) is 17.5. The molecule has 0 spiro atoms. The number of unbranched alkanes of at least 4 members (excludes halogenated alkanes) is 41. The Morgan fingerprint density at radius 3 is 0.842 bits per heavy atom. The summed E-state index contributed by atoms with van der Waals surface area (Å²) in [7, 11) is 5.94. The fourth-order valence-electron chi connectivity index (χ4n) is 11.5. The quantitative estimate of drug-likeness (QED) is 0.0195. The lowest BCUT2D eigenvalue weighted by atomic mass is 10.0. The van der Waals surface area contributed by atoms with Crippen molar-refractivity contribution in [3.05, 3.63) is 109 Å². The van der Waals surface area contributed by atoms with E-state index in [1.165, 1.54) is 231 Å². The van der Waals surface area contributed by atoms with Gasteiger partial charge in [0.25, 0.3) is 0 Å². The number of hydrogen-bond acceptors (Lipinski definition) is 8. The van der Waals surface area contributed by atoms with Gasteiger partial charge in [0.15, 0.2) is 12.4 Å². The van der Waals surface area contributed by atoms with Crippen LogP contribution in [0.1, 0.15) is 361 Å². The third kappa shape index (κ3) is 77.2. The molecule has 0 radical (unpaired) electrons. The van der Waals surface area contributed by atoms with E-state index < -0.39 is 24.3 Å². The van der Waals surface area contributed by atoms with E-state index >= 15 is 0 Å². The standard InChI is InChI=1S/C86H151NO8/c1-6-8-10-12-14-16-18-20-22-24-26-28-30-32-34-36-37-38-39-40-41-42-43-44-45-46-47-49-50-52-54-56-58-60-62-64-66-68-70-72-74-76-83(88)93-80-82(81-94-86(85(90)91)92-79-78-87(3,4)5)95-84(89)77-75-73-71-69-67-65-63-61-59-57-55-53-51-48-35-33-31-29-27-25-23-21-19-17-15-13-11-9-7-2/h8-11,14-17,20-23,26-29,33,35,82,86H,6-7,12-13,18-19,24-25,30-32,34,36-81H2,1-5H3/b10-8-,11-9-,16-14-,17-15-,22-20-,23-21-,28-26-,29-27-,35-33-. The first-order valence-electron chi connectivity index (χ1n) is 40.0. The van der Waals surface area contributed by atoms with Crippen LogP contribution in [-0.2, 0) is 33.3 Å². The molecule has 0 amide bonds. The number of ether oxygens (including phenoxy) is 4. The highest BCUT2D eigenvalue weighted by atomic mass is 16.7. The van der Waals surface area contributed by atoms with Crippen molar-refractivity contribution in [3.8, 4) is 0 Å². The Balaban J connectivity index is 3.96. The molecule has 0 aliphatic carbocycles. The first kappa shape index (κ1) is 91.0. The summed E-state index contributed by atoms with van der Waals surface area (Å²) < 4.78 is 22.9. The highest BCUT2D eigenvalue weighted by molar-refractivity contribution is 5.70. The fourth-order valence-corrected chi connectivity index (χ4v) is 11.5. The van der Waals surface area contributed by atoms with Crippen LogP contribution in [0.2, 0.25) is 0 Å². The summed E-state index contributed by atoms with van der Waals surface area (Å²) in [5.41, 5.74) is 0. The van der Waals surface area contributed by atoms with Gasteiger partial charge < -0.3 is 33.3 Å². The summed E-state index contributed by atoms with van der Waals surface area (Å²) in [5, 5.41) is 11.9. The molecular formula is C86H151NO8. The number of esters is 2. The summed E-state index contributed by atoms with van der Waals surface area (Å²) in [4.78, 5) is 37.6. The Morgan fingerprint density at radius 1 is 0.316 bits per heavy atom. The summed E-state index contributed by atoms with van der Waals surface area (Å²) in [6, 6.07) is 0. The minimum Gasteiger partial charge on any atom is -0.545 e. The first-order valence-corrected chi connectivity index (χ1v) is 40.0. The molecule has 0 heterocycles. The van der Waals surface area contributed by atoms with Crippen molar-refractivity contribution < 1.29 is 42.9 Å². The second kappa shape index (κ2) is 75.7. The zero-order valence-corrected chi connectivity index (χ0v) is 62.8. The van der Waals surface area contributed by atoms with E-state index in [4.69, 9.17) is 18.9 Å². The Morgan fingerprint density at radius 2 is 0.568 bits per heavy atom. The maximum Gasteiger partial charge on any atom is 0.306 e. The van der Waals surface area contributed by atoms with Crippen molar-refractivity contribution >= 4 is 17.9 Å². The number of aliphatic carboxylic acids is 1. The predicted molar refractivity (Wildman–Crippen MR) is 407 cm³/mol. The maximum absolute atomic E-state index is 13.0. The normalized spacial score (nSPS) is 13.2. The number of nitrogens with zero attached hydrogens (tertiary/aromatic N) is 1. The number of carboxylic acid groups (broad SMARTS) is 1. The molecule has 0 aromatic carbocycles. The van der Waals surface area contributed by atoms with E-state index in [0.717, 1.165) is 96.3 Å². The molecular weight excluding hydrogens is 1170 g/mol. The van der Waals surface area contributed by atoms with Crippen molar-refractivity contribution in [2.24, 2.45) is 0 Å². The number of likely N-dealkylation sites (N-methyl/N-ethyl adjacent to an activating group) is 1. The molecule has 9 heteroatoms. The van der Waals surface area contributed by atoms with Crippen LogP contribution in [-0.4, -0.2) is 82.3 Å². The van der Waals surface area contributed by atoms with Gasteiger partial charge in [-0.05, 0) is 96.3 Å². The predicted octanol–water partition coefficient (Wildman–Crippen LogP) is 24.4. The van der Waals surface area contributed by atoms with Crippen molar-refractivity contribution in [2.45, 2.75) is 373 Å². The van der Waals surface area contributed by atoms with E-state index in [1.807, 2.05) is 21.1 Å². The number of quaternary nitrogens is 1. The van der Waals surface area contributed by atoms with Crippen LogP contribution < -0.4 is 5.11 Å². The fraction of sp³-hybridized carbons (Fsp3) is 0.756. The van der Waals surface area contributed by atoms with Crippen molar-refractivity contribution in [1.29, 1.82) is 0 Å². The molecule has 0 N–H and O–H groups in total. The van der Waals surface area contributed by atoms with Crippen LogP contribution in [0.5, 0.6) is 0 Å². The molecule has 0 saturated carbocycles.